The standard InChI is InChI=1S/C14H18BrN3O2/c1-18-12-6-3-2-5-11(12)13(17-18)14(19)16-8-4-9-20-10-7-15/h2-3,5-6H,4,7-10H2,1H3,(H,16,19). The number of carbonyl (C=O) groups is 1. The van der Waals surface area contributed by atoms with Crippen molar-refractivity contribution in [2.75, 3.05) is 25.1 Å². The second kappa shape index (κ2) is 7.40. The Hall–Kier alpha value is -1.40. The van der Waals surface area contributed by atoms with E-state index in [-0.39, 0.29) is 5.91 Å². The Labute approximate surface area is 126 Å². The van der Waals surface area contributed by atoms with Gasteiger partial charge in [-0.15, -0.1) is 0 Å². The summed E-state index contributed by atoms with van der Waals surface area (Å²) < 4.78 is 7.05. The lowest BCUT2D eigenvalue weighted by atomic mass is 10.2. The molecule has 5 nitrogen and oxygen atoms in total. The van der Waals surface area contributed by atoms with Crippen LogP contribution in [0.15, 0.2) is 24.3 Å². The maximum atomic E-state index is 12.1. The van der Waals surface area contributed by atoms with Crippen LogP contribution in [0.3, 0.4) is 0 Å². The average Bonchev–Trinajstić information content (AvgIpc) is 2.80. The van der Waals surface area contributed by atoms with Crippen LogP contribution in [-0.4, -0.2) is 40.8 Å². The van der Waals surface area contributed by atoms with E-state index in [4.69, 9.17) is 4.74 Å². The van der Waals surface area contributed by atoms with Crippen LogP contribution in [0.25, 0.3) is 10.9 Å². The Morgan fingerprint density at radius 1 is 1.40 bits per heavy atom. The fourth-order valence-corrected chi connectivity index (χ4v) is 2.23. The quantitative estimate of drug-likeness (QED) is 0.620. The summed E-state index contributed by atoms with van der Waals surface area (Å²) in [5.41, 5.74) is 1.43. The number of nitrogens with one attached hydrogen (secondary N) is 1. The Bertz CT molecular complexity index is 583. The third kappa shape index (κ3) is 3.58. The molecule has 1 heterocycles. The number of aromatic nitrogens is 2. The SMILES string of the molecule is Cn1nc(C(=O)NCCCOCCBr)c2ccccc21. The van der Waals surface area contributed by atoms with Gasteiger partial charge in [0, 0.05) is 30.9 Å². The largest absolute Gasteiger partial charge is 0.381 e. The Morgan fingerprint density at radius 2 is 2.20 bits per heavy atom. The summed E-state index contributed by atoms with van der Waals surface area (Å²) in [5.74, 6) is -0.137. The lowest BCUT2D eigenvalue weighted by molar-refractivity contribution is 0.0940. The highest BCUT2D eigenvalue weighted by Crippen LogP contribution is 2.17. The van der Waals surface area contributed by atoms with E-state index in [1.54, 1.807) is 4.68 Å². The molecule has 108 valence electrons. The van der Waals surface area contributed by atoms with E-state index in [9.17, 15) is 4.79 Å². The van der Waals surface area contributed by atoms with Crippen molar-refractivity contribution in [1.29, 1.82) is 0 Å². The van der Waals surface area contributed by atoms with Gasteiger partial charge in [-0.1, -0.05) is 34.1 Å². The van der Waals surface area contributed by atoms with Crippen molar-refractivity contribution in [3.05, 3.63) is 30.0 Å². The molecule has 1 aromatic heterocycles. The molecule has 2 rings (SSSR count). The monoisotopic (exact) mass is 339 g/mol. The summed E-state index contributed by atoms with van der Waals surface area (Å²) in [7, 11) is 1.84. The lowest BCUT2D eigenvalue weighted by Gasteiger charge is -2.04. The van der Waals surface area contributed by atoms with Gasteiger partial charge >= 0.3 is 0 Å². The molecule has 6 heteroatoms. The number of amides is 1. The van der Waals surface area contributed by atoms with Crippen molar-refractivity contribution in [1.82, 2.24) is 15.1 Å². The molecule has 0 saturated carbocycles. The van der Waals surface area contributed by atoms with Gasteiger partial charge in [0.25, 0.3) is 5.91 Å². The molecule has 0 bridgehead atoms. The van der Waals surface area contributed by atoms with Crippen LogP contribution in [0, 0.1) is 0 Å². The van der Waals surface area contributed by atoms with Crippen LogP contribution in [0.4, 0.5) is 0 Å². The first-order chi connectivity index (χ1) is 9.74. The number of para-hydroxylation sites is 1. The lowest BCUT2D eigenvalue weighted by Crippen LogP contribution is -2.26. The van der Waals surface area contributed by atoms with E-state index in [0.717, 1.165) is 22.7 Å². The molecule has 0 fully saturated rings. The van der Waals surface area contributed by atoms with Gasteiger partial charge in [0.1, 0.15) is 0 Å². The molecule has 0 atom stereocenters. The summed E-state index contributed by atoms with van der Waals surface area (Å²) in [5, 5.41) is 8.87. The van der Waals surface area contributed by atoms with Crippen LogP contribution >= 0.6 is 15.9 Å². The number of aryl methyl sites for hydroxylation is 1. The van der Waals surface area contributed by atoms with Crippen LogP contribution in [0.2, 0.25) is 0 Å². The second-order valence-electron chi connectivity index (χ2n) is 4.40. The van der Waals surface area contributed by atoms with E-state index in [1.807, 2.05) is 31.3 Å². The molecular weight excluding hydrogens is 322 g/mol. The number of hydrogen-bond donors (Lipinski definition) is 1. The van der Waals surface area contributed by atoms with E-state index in [1.165, 1.54) is 0 Å². The molecular formula is C14H18BrN3O2. The van der Waals surface area contributed by atoms with Gasteiger partial charge in [0.15, 0.2) is 5.69 Å². The van der Waals surface area contributed by atoms with E-state index in [0.29, 0.717) is 25.5 Å². The fourth-order valence-electron chi connectivity index (χ4n) is 2.00. The number of rotatable bonds is 7. The van der Waals surface area contributed by atoms with Crippen LogP contribution in [-0.2, 0) is 11.8 Å². The van der Waals surface area contributed by atoms with Gasteiger partial charge in [0.05, 0.1) is 12.1 Å². The highest BCUT2D eigenvalue weighted by Gasteiger charge is 2.14. The van der Waals surface area contributed by atoms with E-state index < -0.39 is 0 Å². The Morgan fingerprint density at radius 3 is 3.00 bits per heavy atom. The number of nitrogens with zero attached hydrogens (tertiary/aromatic N) is 2. The topological polar surface area (TPSA) is 56.2 Å². The van der Waals surface area contributed by atoms with Gasteiger partial charge in [-0.25, -0.2) is 0 Å². The number of carbonyl (C=O) groups excluding carboxylic acids is 1. The van der Waals surface area contributed by atoms with Crippen molar-refractivity contribution in [2.45, 2.75) is 6.42 Å². The van der Waals surface area contributed by atoms with Crippen molar-refractivity contribution in [3.8, 4) is 0 Å². The average molecular weight is 340 g/mol. The minimum absolute atomic E-state index is 0.137. The molecule has 0 radical (unpaired) electrons. The highest BCUT2D eigenvalue weighted by molar-refractivity contribution is 9.09. The number of hydrogen-bond acceptors (Lipinski definition) is 3. The molecule has 0 aliphatic heterocycles. The molecule has 1 amide bonds. The molecule has 0 unspecified atom stereocenters. The first-order valence-electron chi connectivity index (χ1n) is 6.57. The number of halogens is 1. The van der Waals surface area contributed by atoms with Gasteiger partial charge < -0.3 is 10.1 Å². The van der Waals surface area contributed by atoms with Gasteiger partial charge in [-0.3, -0.25) is 9.48 Å². The Balaban J connectivity index is 1.91. The third-order valence-corrected chi connectivity index (χ3v) is 3.27. The molecule has 1 N–H and O–H groups in total. The summed E-state index contributed by atoms with van der Waals surface area (Å²) >= 11 is 3.29. The predicted octanol–water partition coefficient (Wildman–Crippen LogP) is 2.10. The van der Waals surface area contributed by atoms with Gasteiger partial charge in [-0.05, 0) is 12.5 Å². The van der Waals surface area contributed by atoms with Crippen molar-refractivity contribution in [2.24, 2.45) is 7.05 Å². The number of alkyl halides is 1. The number of ether oxygens (including phenoxy) is 1. The maximum Gasteiger partial charge on any atom is 0.272 e. The maximum absolute atomic E-state index is 12.1. The first-order valence-corrected chi connectivity index (χ1v) is 7.70. The Kier molecular flexibility index (Phi) is 5.55. The molecule has 0 spiro atoms. The summed E-state index contributed by atoms with van der Waals surface area (Å²) in [4.78, 5) is 12.1. The minimum atomic E-state index is -0.137. The second-order valence-corrected chi connectivity index (χ2v) is 5.19. The smallest absolute Gasteiger partial charge is 0.272 e. The molecule has 0 saturated heterocycles. The predicted molar refractivity (Wildman–Crippen MR) is 82.3 cm³/mol. The van der Waals surface area contributed by atoms with Crippen molar-refractivity contribution < 1.29 is 9.53 Å². The van der Waals surface area contributed by atoms with Crippen LogP contribution < -0.4 is 5.32 Å². The van der Waals surface area contributed by atoms with E-state index in [2.05, 4.69) is 26.3 Å². The molecule has 2 aromatic rings. The number of benzene rings is 1. The molecule has 0 aliphatic rings. The molecule has 20 heavy (non-hydrogen) atoms. The summed E-state index contributed by atoms with van der Waals surface area (Å²) in [6.45, 7) is 1.93. The zero-order chi connectivity index (χ0) is 14.4. The highest BCUT2D eigenvalue weighted by atomic mass is 79.9. The molecule has 1 aromatic carbocycles. The van der Waals surface area contributed by atoms with Crippen molar-refractivity contribution in [3.63, 3.8) is 0 Å². The van der Waals surface area contributed by atoms with Gasteiger partial charge in [0.2, 0.25) is 0 Å². The normalized spacial score (nSPS) is 10.9. The van der Waals surface area contributed by atoms with E-state index >= 15 is 0 Å². The minimum Gasteiger partial charge on any atom is -0.381 e. The first kappa shape index (κ1) is 15.0. The van der Waals surface area contributed by atoms with Crippen molar-refractivity contribution >= 4 is 32.7 Å². The van der Waals surface area contributed by atoms with Crippen LogP contribution in [0.5, 0.6) is 0 Å². The van der Waals surface area contributed by atoms with Gasteiger partial charge in [-0.2, -0.15) is 5.10 Å². The number of fused-ring (bicyclic) bond motifs is 1. The molecule has 0 aliphatic carbocycles. The summed E-state index contributed by atoms with van der Waals surface area (Å²) in [6.07, 6.45) is 0.795. The zero-order valence-corrected chi connectivity index (χ0v) is 13.0. The zero-order valence-electron chi connectivity index (χ0n) is 11.4. The third-order valence-electron chi connectivity index (χ3n) is 2.95. The fraction of sp³-hybridized carbons (Fsp3) is 0.429. The summed E-state index contributed by atoms with van der Waals surface area (Å²) in [6, 6.07) is 7.71. The van der Waals surface area contributed by atoms with Crippen LogP contribution in [0.1, 0.15) is 16.9 Å².